The normalized spacial score (nSPS) is 13.2. The van der Waals surface area contributed by atoms with Crippen LogP contribution < -0.4 is 59.4 Å². The zero-order valence-corrected chi connectivity index (χ0v) is 55.6. The average Bonchev–Trinajstić information content (AvgIpc) is 1.50. The van der Waals surface area contributed by atoms with E-state index in [4.69, 9.17) is 112 Å². The number of ether oxygens (including phenoxy) is 9. The summed E-state index contributed by atoms with van der Waals surface area (Å²) in [6.45, 7) is 12.6. The van der Waals surface area contributed by atoms with Crippen LogP contribution in [0.4, 0.5) is 0 Å². The van der Waals surface area contributed by atoms with Gasteiger partial charge in [-0.05, 0) is 127 Å². The molecule has 19 nitrogen and oxygen atoms in total. The molecule has 2 atom stereocenters. The van der Waals surface area contributed by atoms with E-state index in [1.165, 1.54) is 102 Å². The van der Waals surface area contributed by atoms with Gasteiger partial charge in [0.2, 0.25) is 39.4 Å². The zero-order valence-electron chi connectivity index (χ0n) is 51.1. The molecule has 86 heavy (non-hydrogen) atoms. The summed E-state index contributed by atoms with van der Waals surface area (Å²) in [4.78, 5) is 74.3. The van der Waals surface area contributed by atoms with Gasteiger partial charge in [0.25, 0.3) is 0 Å². The molecule has 6 rings (SSSR count). The first-order valence-corrected chi connectivity index (χ1v) is 30.2. The molecule has 0 heterocycles. The number of aliphatic hydroxyl groups is 1. The molecule has 0 radical (unpaired) electrons. The minimum absolute atomic E-state index is 0.0673. The summed E-state index contributed by atoms with van der Waals surface area (Å²) in [6, 6.07) is 8.79. The van der Waals surface area contributed by atoms with E-state index < -0.39 is 16.4 Å². The van der Waals surface area contributed by atoms with Crippen molar-refractivity contribution in [2.45, 2.75) is 116 Å². The maximum Gasteiger partial charge on any atom is 0.306 e. The van der Waals surface area contributed by atoms with Crippen molar-refractivity contribution in [1.82, 2.24) is 15.5 Å². The van der Waals surface area contributed by atoms with Crippen LogP contribution >= 0.6 is 69.6 Å². The Morgan fingerprint density at radius 1 is 0.581 bits per heavy atom. The molecule has 0 saturated heterocycles. The standard InChI is InChI=1S/C27H32ClNO8.C23H27NO7.C6H15N.C4H6Cl2O.CHCl3/c1-15(30)29-20-10-8-17-19(14-37-23(32)7-6-12-28)25(34-3)27(36-5)26(35-4)24(17)16-9-11-22(33-2)21(31)13-18(16)20;1-12(26)24-17-8-6-14-16(11-25)21(29-3)23(31-5)22(30-4)20(14)13-7-9-19(28-2)18(27)10-15(13)17;1-4-7(5-2)6-3;5-3-1-2-4(6)7;2-1(3)4/h9,11,13,20H,6-8,10,12,14H2,1-5H3,(H,29,30);7,9-10,17,25H,6,8,11H2,1-5H3,(H,24,26);4-6H2,1-3H3;1-3H2;1H/t20-;17-;;;/m11.../s1. The first kappa shape index (κ1) is 76.5. The summed E-state index contributed by atoms with van der Waals surface area (Å²) >= 11 is 30.3. The molecule has 2 aliphatic rings. The Labute approximate surface area is 534 Å². The van der Waals surface area contributed by atoms with Crippen LogP contribution in [0.2, 0.25) is 0 Å². The Hall–Kier alpha value is -5.64. The lowest BCUT2D eigenvalue weighted by atomic mass is 9.91. The highest BCUT2D eigenvalue weighted by Crippen LogP contribution is 2.54. The number of hydrogen-bond donors (Lipinski definition) is 3. The lowest BCUT2D eigenvalue weighted by Crippen LogP contribution is -2.26. The average molecular weight is 1330 g/mol. The fraction of sp³-hybridized carbons (Fsp3) is 0.508. The third-order valence-electron chi connectivity index (χ3n) is 13.6. The molecule has 2 amide bonds. The third kappa shape index (κ3) is 21.6. The van der Waals surface area contributed by atoms with Gasteiger partial charge >= 0.3 is 5.97 Å². The lowest BCUT2D eigenvalue weighted by molar-refractivity contribution is -0.145. The van der Waals surface area contributed by atoms with Crippen molar-refractivity contribution in [3.8, 4) is 68.2 Å². The van der Waals surface area contributed by atoms with Crippen molar-refractivity contribution in [1.29, 1.82) is 0 Å². The largest absolute Gasteiger partial charge is 0.493 e. The predicted octanol–water partition coefficient (Wildman–Crippen LogP) is 11.4. The molecule has 4 aromatic rings. The molecule has 0 fully saturated rings. The summed E-state index contributed by atoms with van der Waals surface area (Å²) in [5, 5.41) is 15.8. The molecule has 0 saturated carbocycles. The summed E-state index contributed by atoms with van der Waals surface area (Å²) in [5.74, 6) is 2.63. The number of rotatable bonds is 22. The van der Waals surface area contributed by atoms with E-state index in [2.05, 4.69) is 36.3 Å². The number of alkyl halides is 5. The number of nitrogens with one attached hydrogen (secondary N) is 2. The first-order chi connectivity index (χ1) is 41.1. The quantitative estimate of drug-likeness (QED) is 0.0377. The van der Waals surface area contributed by atoms with Crippen molar-refractivity contribution < 1.29 is 66.9 Å². The number of carbonyl (C=O) groups is 4. The van der Waals surface area contributed by atoms with E-state index in [0.717, 1.165) is 11.1 Å². The fourth-order valence-corrected chi connectivity index (χ4v) is 10.2. The van der Waals surface area contributed by atoms with Gasteiger partial charge in [0, 0.05) is 60.7 Å². The zero-order chi connectivity index (χ0) is 64.8. The minimum Gasteiger partial charge on any atom is -0.493 e. The molecular formula is C61H81Cl6N3O16. The fourth-order valence-electron chi connectivity index (χ4n) is 9.81. The SMILES string of the molecule is CCN(CC)CC.COc1c(CO)c2c(c(OC)c1OC)-c1ccc(OC)c(=O)cc1[C@H](NC(C)=O)CC2.COc1c(COC(=O)CCCCl)c2c(c(OC)c1OC)-c1ccc(OC)c(=O)cc1[C@H](NC(C)=O)CC2.ClC(Cl)Cl.O=C(Cl)CCCCl. The van der Waals surface area contributed by atoms with Crippen molar-refractivity contribution >= 4 is 92.6 Å². The van der Waals surface area contributed by atoms with E-state index >= 15 is 0 Å². The number of hydrogen-bond acceptors (Lipinski definition) is 17. The summed E-state index contributed by atoms with van der Waals surface area (Å²) in [7, 11) is 11.9. The molecule has 0 aromatic heterocycles. The third-order valence-corrected chi connectivity index (χ3v) is 14.3. The van der Waals surface area contributed by atoms with Crippen molar-refractivity contribution in [3.05, 3.63) is 90.2 Å². The molecule has 3 N–H and O–H groups in total. The molecule has 0 unspecified atom stereocenters. The topological polar surface area (TPSA) is 233 Å². The van der Waals surface area contributed by atoms with Crippen LogP contribution in [0.1, 0.15) is 119 Å². The Morgan fingerprint density at radius 3 is 1.26 bits per heavy atom. The number of fused-ring (bicyclic) bond motifs is 6. The highest BCUT2D eigenvalue weighted by Gasteiger charge is 2.35. The number of amides is 2. The van der Waals surface area contributed by atoms with Gasteiger partial charge in [-0.3, -0.25) is 28.8 Å². The number of nitrogens with zero attached hydrogens (tertiary/aromatic N) is 1. The number of methoxy groups -OCH3 is 8. The summed E-state index contributed by atoms with van der Waals surface area (Å²) < 4.78 is 49.5. The highest BCUT2D eigenvalue weighted by atomic mass is 35.6. The van der Waals surface area contributed by atoms with Crippen LogP contribution in [0, 0.1) is 0 Å². The van der Waals surface area contributed by atoms with Gasteiger partial charge in [-0.1, -0.05) is 67.7 Å². The van der Waals surface area contributed by atoms with E-state index in [0.29, 0.717) is 136 Å². The van der Waals surface area contributed by atoms with Gasteiger partial charge < -0.3 is 63.3 Å². The first-order valence-electron chi connectivity index (χ1n) is 27.4. The van der Waals surface area contributed by atoms with Gasteiger partial charge in [-0.25, -0.2) is 0 Å². The van der Waals surface area contributed by atoms with Crippen LogP contribution in [-0.4, -0.2) is 126 Å². The monoisotopic (exact) mass is 1320 g/mol. The number of benzene rings is 2. The van der Waals surface area contributed by atoms with Gasteiger partial charge in [0.05, 0.1) is 75.6 Å². The second kappa shape index (κ2) is 40.0. The lowest BCUT2D eigenvalue weighted by Gasteiger charge is -2.23. The van der Waals surface area contributed by atoms with E-state index in [9.17, 15) is 33.9 Å². The molecule has 4 aromatic carbocycles. The Balaban J connectivity index is 0.000000459. The van der Waals surface area contributed by atoms with E-state index in [-0.39, 0.29) is 65.0 Å². The van der Waals surface area contributed by atoms with Crippen LogP contribution in [0.3, 0.4) is 0 Å². The Kier molecular flexibility index (Phi) is 35.6. The van der Waals surface area contributed by atoms with Gasteiger partial charge in [-0.2, -0.15) is 0 Å². The van der Waals surface area contributed by atoms with E-state index in [1.54, 1.807) is 24.3 Å². The predicted molar refractivity (Wildman–Crippen MR) is 340 cm³/mol. The minimum atomic E-state index is -0.750. The molecule has 0 bridgehead atoms. The van der Waals surface area contributed by atoms with Crippen molar-refractivity contribution in [2.24, 2.45) is 0 Å². The second-order valence-corrected chi connectivity index (χ2v) is 21.8. The maximum atomic E-state index is 12.9. The molecular weight excluding hydrogens is 1240 g/mol. The molecule has 25 heteroatoms. The van der Waals surface area contributed by atoms with E-state index in [1.807, 2.05) is 0 Å². The summed E-state index contributed by atoms with van der Waals surface area (Å²) in [5.41, 5.74) is 6.09. The molecule has 0 spiro atoms. The smallest absolute Gasteiger partial charge is 0.306 e. The van der Waals surface area contributed by atoms with Crippen molar-refractivity contribution in [2.75, 3.05) is 88.3 Å². The van der Waals surface area contributed by atoms with Crippen LogP contribution in [0.5, 0.6) is 46.0 Å². The summed E-state index contributed by atoms with van der Waals surface area (Å²) in [6.07, 6.45) is 3.73. The second-order valence-electron chi connectivity index (χ2n) is 18.6. The molecule has 0 aliphatic heterocycles. The molecule has 2 aliphatic carbocycles. The Morgan fingerprint density at radius 2 is 0.953 bits per heavy atom. The Bertz CT molecular complexity index is 3000. The van der Waals surface area contributed by atoms with Gasteiger partial charge in [-0.15, -0.1) is 23.2 Å². The number of carbonyl (C=O) groups excluding carboxylic acids is 4. The maximum absolute atomic E-state index is 12.9. The van der Waals surface area contributed by atoms with Gasteiger partial charge in [0.1, 0.15) is 6.61 Å². The number of aliphatic hydroxyl groups excluding tert-OH is 1. The molecule has 478 valence electrons. The number of esters is 1. The van der Waals surface area contributed by atoms with Crippen LogP contribution in [0.25, 0.3) is 22.3 Å². The van der Waals surface area contributed by atoms with Crippen LogP contribution in [0.15, 0.2) is 46.0 Å². The van der Waals surface area contributed by atoms with Crippen LogP contribution in [-0.2, 0) is 50.0 Å². The van der Waals surface area contributed by atoms with Crippen molar-refractivity contribution in [3.63, 3.8) is 0 Å². The van der Waals surface area contributed by atoms with Gasteiger partial charge in [0.15, 0.2) is 38.8 Å². The highest BCUT2D eigenvalue weighted by molar-refractivity contribution is 6.63. The number of halogens is 6.